The second kappa shape index (κ2) is 5.22. The molecule has 1 unspecified atom stereocenters. The van der Waals surface area contributed by atoms with Crippen molar-refractivity contribution in [3.05, 3.63) is 23.9 Å². The Morgan fingerprint density at radius 2 is 2.00 bits per heavy atom. The molecule has 0 amide bonds. The van der Waals surface area contributed by atoms with E-state index in [9.17, 15) is 21.9 Å². The number of aromatic nitrogens is 1. The van der Waals surface area contributed by atoms with E-state index in [0.29, 0.717) is 12.1 Å². The van der Waals surface area contributed by atoms with Gasteiger partial charge in [0.1, 0.15) is 5.03 Å². The molecule has 0 spiro atoms. The summed E-state index contributed by atoms with van der Waals surface area (Å²) in [6, 6.07) is 1.18. The number of alkyl halides is 3. The molecule has 0 bridgehead atoms. The normalized spacial score (nSPS) is 13.1. The van der Waals surface area contributed by atoms with E-state index >= 15 is 0 Å². The van der Waals surface area contributed by atoms with Crippen molar-refractivity contribution in [2.75, 3.05) is 0 Å². The summed E-state index contributed by atoms with van der Waals surface area (Å²) in [5.41, 5.74) is -1.03. The van der Waals surface area contributed by atoms with Crippen molar-refractivity contribution in [2.45, 2.75) is 11.2 Å². The Hall–Kier alpha value is 0.0500. The number of halogens is 3. The van der Waals surface area contributed by atoms with Crippen LogP contribution in [0.25, 0.3) is 0 Å². The first-order valence-electron chi connectivity index (χ1n) is 3.04. The SMILES string of the molecule is O=S([O-])c1cc(C(F)(F)F)ccn1.[Na+]. The van der Waals surface area contributed by atoms with E-state index in [2.05, 4.69) is 4.98 Å². The van der Waals surface area contributed by atoms with Crippen molar-refractivity contribution in [1.29, 1.82) is 0 Å². The smallest absolute Gasteiger partial charge is 0.767 e. The van der Waals surface area contributed by atoms with Gasteiger partial charge in [-0.05, 0) is 23.2 Å². The predicted molar refractivity (Wildman–Crippen MR) is 36.4 cm³/mol. The minimum Gasteiger partial charge on any atom is -0.767 e. The van der Waals surface area contributed by atoms with Crippen molar-refractivity contribution in [3.63, 3.8) is 0 Å². The Morgan fingerprint density at radius 1 is 1.43 bits per heavy atom. The van der Waals surface area contributed by atoms with Crippen LogP contribution < -0.4 is 29.6 Å². The van der Waals surface area contributed by atoms with Gasteiger partial charge in [0.15, 0.2) is 0 Å². The van der Waals surface area contributed by atoms with Crippen molar-refractivity contribution in [1.82, 2.24) is 4.98 Å². The number of pyridine rings is 1. The fourth-order valence-corrected chi connectivity index (χ4v) is 1.05. The molecular weight excluding hydrogens is 230 g/mol. The molecule has 14 heavy (non-hydrogen) atoms. The van der Waals surface area contributed by atoms with Gasteiger partial charge >= 0.3 is 35.7 Å². The second-order valence-corrected chi connectivity index (χ2v) is 3.00. The molecule has 0 fully saturated rings. The maximum Gasteiger partial charge on any atom is 1.00 e. The first-order chi connectivity index (χ1) is 5.91. The van der Waals surface area contributed by atoms with Gasteiger partial charge in [-0.1, -0.05) is 0 Å². The molecule has 0 aromatic carbocycles. The van der Waals surface area contributed by atoms with Crippen molar-refractivity contribution < 1.29 is 51.5 Å². The van der Waals surface area contributed by atoms with Crippen LogP contribution in [0.2, 0.25) is 0 Å². The van der Waals surface area contributed by atoms with Crippen molar-refractivity contribution in [2.24, 2.45) is 0 Å². The van der Waals surface area contributed by atoms with Gasteiger partial charge in [0.05, 0.1) is 5.56 Å². The fourth-order valence-electron chi connectivity index (χ4n) is 0.677. The van der Waals surface area contributed by atoms with E-state index in [1.165, 1.54) is 0 Å². The maximum atomic E-state index is 12.0. The minimum atomic E-state index is -4.54. The van der Waals surface area contributed by atoms with Gasteiger partial charge in [-0.3, -0.25) is 4.21 Å². The van der Waals surface area contributed by atoms with E-state index < -0.39 is 27.8 Å². The molecule has 0 radical (unpaired) electrons. The van der Waals surface area contributed by atoms with Crippen LogP contribution in [-0.4, -0.2) is 13.7 Å². The zero-order valence-corrected chi connectivity index (χ0v) is 9.85. The summed E-state index contributed by atoms with van der Waals surface area (Å²) in [5, 5.41) is -0.616. The minimum absolute atomic E-state index is 0. The van der Waals surface area contributed by atoms with Crippen LogP contribution in [0.4, 0.5) is 13.2 Å². The van der Waals surface area contributed by atoms with Crippen LogP contribution in [0.3, 0.4) is 0 Å². The zero-order valence-electron chi connectivity index (χ0n) is 7.04. The summed E-state index contributed by atoms with van der Waals surface area (Å²) < 4.78 is 56.5. The summed E-state index contributed by atoms with van der Waals surface area (Å²) in [5.74, 6) is 0. The summed E-state index contributed by atoms with van der Waals surface area (Å²) in [6.45, 7) is 0. The van der Waals surface area contributed by atoms with Gasteiger partial charge in [-0.2, -0.15) is 13.2 Å². The molecule has 3 nitrogen and oxygen atoms in total. The molecule has 1 atom stereocenters. The molecule has 1 heterocycles. The quantitative estimate of drug-likeness (QED) is 0.431. The van der Waals surface area contributed by atoms with Crippen LogP contribution in [0.15, 0.2) is 23.4 Å². The number of hydrogen-bond donors (Lipinski definition) is 0. The Kier molecular flexibility index (Phi) is 5.24. The van der Waals surface area contributed by atoms with Crippen LogP contribution >= 0.6 is 0 Å². The summed E-state index contributed by atoms with van der Waals surface area (Å²) in [7, 11) is 0. The van der Waals surface area contributed by atoms with E-state index in [4.69, 9.17) is 0 Å². The van der Waals surface area contributed by atoms with E-state index in [-0.39, 0.29) is 29.6 Å². The third kappa shape index (κ3) is 3.66. The van der Waals surface area contributed by atoms with Gasteiger partial charge in [-0.25, -0.2) is 4.98 Å². The fraction of sp³-hybridized carbons (Fsp3) is 0.167. The number of nitrogens with zero attached hydrogens (tertiary/aromatic N) is 1. The molecule has 0 aliphatic rings. The van der Waals surface area contributed by atoms with Crippen molar-refractivity contribution >= 4 is 11.1 Å². The van der Waals surface area contributed by atoms with Crippen LogP contribution in [0.1, 0.15) is 5.56 Å². The van der Waals surface area contributed by atoms with Crippen LogP contribution in [-0.2, 0) is 17.3 Å². The molecule has 1 rings (SSSR count). The summed E-state index contributed by atoms with van der Waals surface area (Å²) >= 11 is -2.74. The Morgan fingerprint density at radius 3 is 2.43 bits per heavy atom. The van der Waals surface area contributed by atoms with Crippen LogP contribution in [0.5, 0.6) is 0 Å². The van der Waals surface area contributed by atoms with E-state index in [1.807, 2.05) is 0 Å². The van der Waals surface area contributed by atoms with Crippen LogP contribution in [0, 0.1) is 0 Å². The van der Waals surface area contributed by atoms with Gasteiger partial charge in [-0.15, -0.1) is 0 Å². The summed E-state index contributed by atoms with van der Waals surface area (Å²) in [6.07, 6.45) is -3.75. The molecule has 0 aliphatic heterocycles. The molecule has 0 aliphatic carbocycles. The van der Waals surface area contributed by atoms with E-state index in [0.717, 1.165) is 6.20 Å². The third-order valence-electron chi connectivity index (χ3n) is 1.23. The van der Waals surface area contributed by atoms with Gasteiger partial charge in [0, 0.05) is 6.20 Å². The van der Waals surface area contributed by atoms with Gasteiger partial charge in [0.25, 0.3) is 0 Å². The average Bonchev–Trinajstić information content (AvgIpc) is 2.03. The Labute approximate surface area is 102 Å². The van der Waals surface area contributed by atoms with Gasteiger partial charge in [0.2, 0.25) is 0 Å². The molecule has 8 heteroatoms. The predicted octanol–water partition coefficient (Wildman–Crippen LogP) is -1.66. The molecule has 0 saturated heterocycles. The molecule has 0 N–H and O–H groups in total. The standard InChI is InChI=1S/C6H4F3NO2S.Na/c7-6(8,9)4-1-2-10-5(3-4)13(11)12;/h1-3H,(H,11,12);/q;+1/p-1. The number of rotatable bonds is 1. The third-order valence-corrected chi connectivity index (χ3v) is 1.80. The van der Waals surface area contributed by atoms with Gasteiger partial charge < -0.3 is 4.55 Å². The first kappa shape index (κ1) is 14.1. The monoisotopic (exact) mass is 233 g/mol. The molecule has 1 aromatic heterocycles. The Bertz CT molecular complexity index is 344. The molecule has 72 valence electrons. The molecule has 0 saturated carbocycles. The summed E-state index contributed by atoms with van der Waals surface area (Å²) in [4.78, 5) is 3.24. The molecular formula is C6H3F3NNaO2S. The first-order valence-corrected chi connectivity index (χ1v) is 4.11. The number of hydrogen-bond acceptors (Lipinski definition) is 3. The second-order valence-electron chi connectivity index (χ2n) is 2.12. The van der Waals surface area contributed by atoms with Crippen molar-refractivity contribution in [3.8, 4) is 0 Å². The van der Waals surface area contributed by atoms with E-state index in [1.54, 1.807) is 0 Å². The Balaban J connectivity index is 0.00000169. The topological polar surface area (TPSA) is 53.0 Å². The zero-order chi connectivity index (χ0) is 10.1. The maximum absolute atomic E-state index is 12.0. The molecule has 1 aromatic rings. The largest absolute Gasteiger partial charge is 1.00 e. The average molecular weight is 233 g/mol.